The number of nitrogens with two attached hydrogens (primary N) is 1. The Morgan fingerprint density at radius 1 is 1.13 bits per heavy atom. The van der Waals surface area contributed by atoms with Gasteiger partial charge < -0.3 is 11.1 Å². The Morgan fingerprint density at radius 3 is 2.67 bits per heavy atom. The zero-order valence-corrected chi connectivity index (χ0v) is 9.36. The van der Waals surface area contributed by atoms with Crippen LogP contribution in [0.3, 0.4) is 0 Å². The Labute approximate surface area is 92.3 Å². The fourth-order valence-corrected chi connectivity index (χ4v) is 3.50. The van der Waals surface area contributed by atoms with Gasteiger partial charge in [-0.25, -0.2) is 0 Å². The fraction of sp³-hybridized carbons (Fsp3) is 0.846. The molecule has 0 heterocycles. The minimum Gasteiger partial charge on any atom is -0.328 e. The summed E-state index contributed by atoms with van der Waals surface area (Å²) in [4.78, 5) is 0. The molecule has 0 aromatic carbocycles. The minimum atomic E-state index is 0.476. The summed E-state index contributed by atoms with van der Waals surface area (Å²) < 4.78 is 0. The third-order valence-electron chi connectivity index (χ3n) is 4.58. The lowest BCUT2D eigenvalue weighted by Crippen LogP contribution is -2.53. The van der Waals surface area contributed by atoms with Crippen LogP contribution in [0.4, 0.5) is 0 Å². The number of hydrogen-bond acceptors (Lipinski definition) is 2. The van der Waals surface area contributed by atoms with Crippen molar-refractivity contribution in [1.82, 2.24) is 5.32 Å². The first-order valence-corrected chi connectivity index (χ1v) is 6.51. The van der Waals surface area contributed by atoms with Gasteiger partial charge in [0.2, 0.25) is 0 Å². The van der Waals surface area contributed by atoms with Gasteiger partial charge in [-0.05, 0) is 50.4 Å². The van der Waals surface area contributed by atoms with Crippen molar-refractivity contribution in [2.45, 2.75) is 56.7 Å². The maximum absolute atomic E-state index is 5.92. The van der Waals surface area contributed by atoms with E-state index in [4.69, 9.17) is 5.73 Å². The highest BCUT2D eigenvalue weighted by Gasteiger charge is 2.41. The Hall–Kier alpha value is -0.340. The van der Waals surface area contributed by atoms with Crippen molar-refractivity contribution < 1.29 is 0 Å². The van der Waals surface area contributed by atoms with Gasteiger partial charge in [0.1, 0.15) is 0 Å². The lowest BCUT2D eigenvalue weighted by molar-refractivity contribution is 0.139. The molecule has 0 amide bonds. The Kier molecular flexibility index (Phi) is 2.57. The van der Waals surface area contributed by atoms with Crippen LogP contribution in [-0.4, -0.2) is 18.1 Å². The minimum absolute atomic E-state index is 0.476. The van der Waals surface area contributed by atoms with Crippen LogP contribution in [0.25, 0.3) is 0 Å². The summed E-state index contributed by atoms with van der Waals surface area (Å²) in [6.07, 6.45) is 12.5. The Balaban J connectivity index is 1.48. The molecule has 0 aliphatic heterocycles. The number of fused-ring (bicyclic) bond motifs is 1. The summed E-state index contributed by atoms with van der Waals surface area (Å²) >= 11 is 0. The predicted octanol–water partition coefficient (Wildman–Crippen LogP) is 1.81. The molecule has 2 heteroatoms. The fourth-order valence-electron chi connectivity index (χ4n) is 3.50. The average molecular weight is 206 g/mol. The lowest BCUT2D eigenvalue weighted by atomic mass is 9.70. The normalized spacial score (nSPS) is 48.7. The molecule has 0 spiro atoms. The van der Waals surface area contributed by atoms with Crippen molar-refractivity contribution in [1.29, 1.82) is 0 Å². The first-order chi connectivity index (χ1) is 7.33. The van der Waals surface area contributed by atoms with Gasteiger partial charge in [-0.15, -0.1) is 0 Å². The number of rotatable bonds is 2. The molecule has 3 rings (SSSR count). The third kappa shape index (κ3) is 1.85. The molecule has 0 bridgehead atoms. The van der Waals surface area contributed by atoms with Gasteiger partial charge in [-0.2, -0.15) is 0 Å². The second-order valence-electron chi connectivity index (χ2n) is 5.62. The van der Waals surface area contributed by atoms with Gasteiger partial charge in [0.15, 0.2) is 0 Å². The molecule has 2 fully saturated rings. The molecule has 84 valence electrons. The monoisotopic (exact) mass is 206 g/mol. The summed E-state index contributed by atoms with van der Waals surface area (Å²) in [7, 11) is 0. The van der Waals surface area contributed by atoms with E-state index in [0.29, 0.717) is 6.04 Å². The van der Waals surface area contributed by atoms with Crippen molar-refractivity contribution in [2.75, 3.05) is 0 Å². The predicted molar refractivity (Wildman–Crippen MR) is 62.5 cm³/mol. The van der Waals surface area contributed by atoms with E-state index in [1.54, 1.807) is 0 Å². The molecule has 3 aliphatic rings. The summed E-state index contributed by atoms with van der Waals surface area (Å²) in [6, 6.07) is 2.02. The van der Waals surface area contributed by atoms with Crippen molar-refractivity contribution in [2.24, 2.45) is 17.6 Å². The molecule has 2 saturated carbocycles. The van der Waals surface area contributed by atoms with Crippen LogP contribution >= 0.6 is 0 Å². The van der Waals surface area contributed by atoms with Crippen molar-refractivity contribution in [3.63, 3.8) is 0 Å². The molecule has 3 aliphatic carbocycles. The Bertz CT molecular complexity index is 253. The number of allylic oxidation sites excluding steroid dienone is 1. The quantitative estimate of drug-likeness (QED) is 0.676. The van der Waals surface area contributed by atoms with Crippen LogP contribution < -0.4 is 11.1 Å². The average Bonchev–Trinajstić information content (AvgIpc) is 2.59. The van der Waals surface area contributed by atoms with Gasteiger partial charge in [-0.1, -0.05) is 12.2 Å². The molecule has 0 saturated heterocycles. The highest BCUT2D eigenvalue weighted by molar-refractivity contribution is 5.13. The second-order valence-corrected chi connectivity index (χ2v) is 5.62. The van der Waals surface area contributed by atoms with Crippen LogP contribution in [0.1, 0.15) is 38.5 Å². The zero-order chi connectivity index (χ0) is 10.3. The molecule has 0 aromatic rings. The maximum Gasteiger partial charge on any atom is 0.0138 e. The molecule has 0 radical (unpaired) electrons. The third-order valence-corrected chi connectivity index (χ3v) is 4.58. The van der Waals surface area contributed by atoms with E-state index in [0.717, 1.165) is 23.9 Å². The standard InChI is InChI=1S/C13H22N2/c14-10-4-6-11(7-5-10)15-13-8-9-2-1-3-12(9)13/h1,3,9-13,15H,2,4-8,14H2. The van der Waals surface area contributed by atoms with Gasteiger partial charge in [-0.3, -0.25) is 0 Å². The van der Waals surface area contributed by atoms with Crippen LogP contribution in [0, 0.1) is 11.8 Å². The van der Waals surface area contributed by atoms with Gasteiger partial charge in [0.25, 0.3) is 0 Å². The van der Waals surface area contributed by atoms with E-state index in [9.17, 15) is 0 Å². The number of hydrogen-bond donors (Lipinski definition) is 2. The molecule has 3 unspecified atom stereocenters. The maximum atomic E-state index is 5.92. The summed E-state index contributed by atoms with van der Waals surface area (Å²) in [5.41, 5.74) is 5.92. The topological polar surface area (TPSA) is 38.0 Å². The van der Waals surface area contributed by atoms with E-state index >= 15 is 0 Å². The Morgan fingerprint density at radius 2 is 1.93 bits per heavy atom. The van der Waals surface area contributed by atoms with Gasteiger partial charge >= 0.3 is 0 Å². The van der Waals surface area contributed by atoms with E-state index in [1.165, 1.54) is 38.5 Å². The van der Waals surface area contributed by atoms with Crippen molar-refractivity contribution in [3.8, 4) is 0 Å². The smallest absolute Gasteiger partial charge is 0.0138 e. The summed E-state index contributed by atoms with van der Waals surface area (Å²) in [5.74, 6) is 1.84. The molecular weight excluding hydrogens is 184 g/mol. The van der Waals surface area contributed by atoms with E-state index < -0.39 is 0 Å². The van der Waals surface area contributed by atoms with Gasteiger partial charge in [0, 0.05) is 18.1 Å². The highest BCUT2D eigenvalue weighted by atomic mass is 15.0. The summed E-state index contributed by atoms with van der Waals surface area (Å²) in [6.45, 7) is 0. The molecular formula is C13H22N2. The number of nitrogens with one attached hydrogen (secondary N) is 1. The molecule has 3 atom stereocenters. The van der Waals surface area contributed by atoms with Crippen LogP contribution in [0.2, 0.25) is 0 Å². The van der Waals surface area contributed by atoms with E-state index in [-0.39, 0.29) is 0 Å². The van der Waals surface area contributed by atoms with Crippen LogP contribution in [0.5, 0.6) is 0 Å². The van der Waals surface area contributed by atoms with Crippen LogP contribution in [-0.2, 0) is 0 Å². The molecule has 3 N–H and O–H groups in total. The second kappa shape index (κ2) is 3.91. The zero-order valence-electron chi connectivity index (χ0n) is 9.36. The van der Waals surface area contributed by atoms with E-state index in [1.807, 2.05) is 0 Å². The highest BCUT2D eigenvalue weighted by Crippen LogP contribution is 2.43. The summed E-state index contributed by atoms with van der Waals surface area (Å²) in [5, 5.41) is 3.84. The lowest BCUT2D eigenvalue weighted by Gasteiger charge is -2.43. The SMILES string of the molecule is NC1CCC(NC2CC3CC=CC32)CC1. The first-order valence-electron chi connectivity index (χ1n) is 6.51. The largest absolute Gasteiger partial charge is 0.328 e. The van der Waals surface area contributed by atoms with Crippen molar-refractivity contribution >= 4 is 0 Å². The van der Waals surface area contributed by atoms with E-state index in [2.05, 4.69) is 17.5 Å². The molecule has 0 aromatic heterocycles. The van der Waals surface area contributed by atoms with Crippen molar-refractivity contribution in [3.05, 3.63) is 12.2 Å². The molecule has 2 nitrogen and oxygen atoms in total. The van der Waals surface area contributed by atoms with Gasteiger partial charge in [0.05, 0.1) is 0 Å². The van der Waals surface area contributed by atoms with Crippen LogP contribution in [0.15, 0.2) is 12.2 Å². The molecule has 15 heavy (non-hydrogen) atoms. The first kappa shape index (κ1) is 9.86.